The molecule has 3 N–H and O–H groups in total. The summed E-state index contributed by atoms with van der Waals surface area (Å²) < 4.78 is 24.2. The van der Waals surface area contributed by atoms with Gasteiger partial charge in [-0.1, -0.05) is 45.9 Å². The molecule has 0 radical (unpaired) electrons. The van der Waals surface area contributed by atoms with E-state index in [1.165, 1.54) is 14.0 Å². The normalized spacial score (nSPS) is 43.8. The Kier molecular flexibility index (Phi) is 7.03. The Morgan fingerprint density at radius 2 is 1.75 bits per heavy atom. The van der Waals surface area contributed by atoms with Crippen molar-refractivity contribution >= 4 is 11.9 Å². The smallest absolute Gasteiger partial charge is 0.338 e. The number of hydrogen-bond acceptors (Lipinski definition) is 9. The van der Waals surface area contributed by atoms with Crippen LogP contribution in [0.15, 0.2) is 41.5 Å². The Balaban J connectivity index is 1.81. The average molecular weight is 559 g/mol. The van der Waals surface area contributed by atoms with Crippen LogP contribution in [0.25, 0.3) is 0 Å². The molecule has 1 saturated heterocycles. The van der Waals surface area contributed by atoms with Crippen molar-refractivity contribution in [2.75, 3.05) is 13.7 Å². The molecular formula is C31H42O9. The summed E-state index contributed by atoms with van der Waals surface area (Å²) in [5.74, 6) is -2.39. The number of carbonyl (C=O) groups excluding carboxylic acids is 2. The minimum Gasteiger partial charge on any atom is -0.455 e. The number of esters is 2. The van der Waals surface area contributed by atoms with Gasteiger partial charge in [0.25, 0.3) is 0 Å². The van der Waals surface area contributed by atoms with Crippen LogP contribution in [0.2, 0.25) is 0 Å². The lowest BCUT2D eigenvalue weighted by Crippen LogP contribution is -2.81. The van der Waals surface area contributed by atoms with Crippen molar-refractivity contribution in [2.24, 2.45) is 22.7 Å². The van der Waals surface area contributed by atoms with E-state index in [2.05, 4.69) is 0 Å². The molecule has 2 saturated carbocycles. The van der Waals surface area contributed by atoms with Gasteiger partial charge in [-0.3, -0.25) is 4.79 Å². The van der Waals surface area contributed by atoms with Crippen molar-refractivity contribution in [1.82, 2.24) is 0 Å². The van der Waals surface area contributed by atoms with Crippen molar-refractivity contribution in [3.63, 3.8) is 0 Å². The number of carbonyl (C=O) groups is 2. The number of aliphatic hydroxyl groups is 3. The maximum atomic E-state index is 13.8. The van der Waals surface area contributed by atoms with Gasteiger partial charge >= 0.3 is 11.9 Å². The second-order valence-electron chi connectivity index (χ2n) is 13.0. The van der Waals surface area contributed by atoms with Crippen LogP contribution in [0.5, 0.6) is 0 Å². The maximum Gasteiger partial charge on any atom is 0.338 e. The van der Waals surface area contributed by atoms with Crippen LogP contribution >= 0.6 is 0 Å². The predicted octanol–water partition coefficient (Wildman–Crippen LogP) is 2.80. The van der Waals surface area contributed by atoms with Gasteiger partial charge in [0.1, 0.15) is 23.9 Å². The molecule has 1 heterocycles. The van der Waals surface area contributed by atoms with E-state index in [0.29, 0.717) is 17.6 Å². The topological polar surface area (TPSA) is 132 Å². The number of rotatable bonds is 4. The second kappa shape index (κ2) is 9.63. The number of methoxy groups -OCH3 is 1. The maximum absolute atomic E-state index is 13.8. The zero-order valence-corrected chi connectivity index (χ0v) is 24.3. The average Bonchev–Trinajstić information content (AvgIpc) is 2.90. The van der Waals surface area contributed by atoms with Crippen LogP contribution in [-0.4, -0.2) is 82.7 Å². The minimum absolute atomic E-state index is 0.0123. The Morgan fingerprint density at radius 1 is 1.10 bits per heavy atom. The van der Waals surface area contributed by atoms with E-state index in [4.69, 9.17) is 18.9 Å². The molecule has 0 aromatic heterocycles. The number of ether oxygens (including phenoxy) is 4. The molecule has 0 spiro atoms. The van der Waals surface area contributed by atoms with Crippen molar-refractivity contribution in [2.45, 2.75) is 96.1 Å². The lowest BCUT2D eigenvalue weighted by Gasteiger charge is -2.69. The molecule has 1 aliphatic heterocycles. The monoisotopic (exact) mass is 558 g/mol. The number of hydrogen-bond donors (Lipinski definition) is 3. The zero-order valence-electron chi connectivity index (χ0n) is 24.3. The van der Waals surface area contributed by atoms with Crippen LogP contribution in [-0.2, 0) is 23.7 Å². The Bertz CT molecular complexity index is 1210. The first-order valence-corrected chi connectivity index (χ1v) is 14.1. The predicted molar refractivity (Wildman–Crippen MR) is 144 cm³/mol. The van der Waals surface area contributed by atoms with Crippen molar-refractivity contribution in [3.8, 4) is 0 Å². The Hall–Kier alpha value is -2.30. The highest BCUT2D eigenvalue weighted by atomic mass is 16.6. The molecule has 1 aromatic rings. The minimum atomic E-state index is -1.79. The van der Waals surface area contributed by atoms with E-state index in [1.807, 2.05) is 20.8 Å². The van der Waals surface area contributed by atoms with Crippen LogP contribution < -0.4 is 0 Å². The fourth-order valence-corrected chi connectivity index (χ4v) is 8.44. The van der Waals surface area contributed by atoms with Crippen molar-refractivity contribution < 1.29 is 43.9 Å². The molecule has 9 nitrogen and oxygen atoms in total. The molecule has 1 unspecified atom stereocenters. The molecule has 0 amide bonds. The van der Waals surface area contributed by atoms with Crippen LogP contribution in [0.3, 0.4) is 0 Å². The van der Waals surface area contributed by atoms with Gasteiger partial charge in [0.2, 0.25) is 0 Å². The quantitative estimate of drug-likeness (QED) is 0.377. The largest absolute Gasteiger partial charge is 0.455 e. The lowest BCUT2D eigenvalue weighted by molar-refractivity contribution is -0.358. The third-order valence-corrected chi connectivity index (χ3v) is 10.9. The van der Waals surface area contributed by atoms with Gasteiger partial charge in [-0.15, -0.1) is 0 Å². The fourth-order valence-electron chi connectivity index (χ4n) is 8.44. The summed E-state index contributed by atoms with van der Waals surface area (Å²) in [6.45, 7) is 10.5. The van der Waals surface area contributed by atoms with Crippen LogP contribution in [0.4, 0.5) is 0 Å². The molecule has 9 heteroatoms. The summed E-state index contributed by atoms with van der Waals surface area (Å²) in [6, 6.07) is 8.50. The van der Waals surface area contributed by atoms with Gasteiger partial charge in [-0.25, -0.2) is 4.79 Å². The molecule has 3 fully saturated rings. The molecule has 1 aromatic carbocycles. The molecule has 3 aliphatic carbocycles. The van der Waals surface area contributed by atoms with E-state index in [9.17, 15) is 24.9 Å². The molecule has 10 atom stereocenters. The molecule has 220 valence electrons. The summed E-state index contributed by atoms with van der Waals surface area (Å²) in [5, 5.41) is 37.0. The van der Waals surface area contributed by atoms with Gasteiger partial charge in [-0.2, -0.15) is 0 Å². The van der Waals surface area contributed by atoms with E-state index in [0.717, 1.165) is 5.57 Å². The molecule has 40 heavy (non-hydrogen) atoms. The first-order chi connectivity index (χ1) is 18.7. The van der Waals surface area contributed by atoms with E-state index >= 15 is 0 Å². The highest BCUT2D eigenvalue weighted by Crippen LogP contribution is 2.66. The second-order valence-corrected chi connectivity index (χ2v) is 13.0. The first kappa shape index (κ1) is 29.2. The molecule has 5 rings (SSSR count). The summed E-state index contributed by atoms with van der Waals surface area (Å²) in [4.78, 5) is 26.3. The summed E-state index contributed by atoms with van der Waals surface area (Å²) in [5.41, 5.74) is -3.93. The van der Waals surface area contributed by atoms with E-state index < -0.39 is 70.4 Å². The van der Waals surface area contributed by atoms with Crippen LogP contribution in [0.1, 0.15) is 64.7 Å². The van der Waals surface area contributed by atoms with Gasteiger partial charge < -0.3 is 34.3 Å². The Morgan fingerprint density at radius 3 is 2.30 bits per heavy atom. The van der Waals surface area contributed by atoms with Crippen LogP contribution in [0, 0.1) is 22.7 Å². The standard InChI is InChI=1S/C31H42O9/c1-16-13-21-30(15-38-21,40-18(3)32)24-26(39-27(35)19-11-9-8-10-12-19)31(36)14-20(37-7)17(2)22(28(31,4)5)23(33)25(34)29(16,24)6/h8-12,16,20-21,23-26,33-34,36H,13-15H2,1-7H3/t16-,20-,21?,23-,24-,25-,26-,29+,30-,31+/m0/s1. The Labute approximate surface area is 235 Å². The first-order valence-electron chi connectivity index (χ1n) is 14.1. The number of fused-ring (bicyclic) bond motifs is 5. The highest BCUT2D eigenvalue weighted by Gasteiger charge is 2.77. The van der Waals surface area contributed by atoms with Gasteiger partial charge in [0, 0.05) is 31.3 Å². The molecule has 2 bridgehead atoms. The zero-order chi connectivity index (χ0) is 29.4. The van der Waals surface area contributed by atoms with Gasteiger partial charge in [0.15, 0.2) is 5.60 Å². The lowest BCUT2D eigenvalue weighted by atomic mass is 9.43. The summed E-state index contributed by atoms with van der Waals surface area (Å²) in [6.07, 6.45) is -4.60. The summed E-state index contributed by atoms with van der Waals surface area (Å²) >= 11 is 0. The van der Waals surface area contributed by atoms with Crippen molar-refractivity contribution in [1.29, 1.82) is 0 Å². The van der Waals surface area contributed by atoms with E-state index in [-0.39, 0.29) is 18.9 Å². The molecule has 4 aliphatic rings. The number of aliphatic hydroxyl groups excluding tert-OH is 2. The van der Waals surface area contributed by atoms with E-state index in [1.54, 1.807) is 44.2 Å². The summed E-state index contributed by atoms with van der Waals surface area (Å²) in [7, 11) is 1.52. The SMILES string of the molecule is CO[C@H]1C[C@@]2(O)[C@@H](OC(=O)c3ccccc3)[C@H]3[C@@](C)([C@@H](C)CC4OC[C@]43OC(C)=O)[C@@H](O)[C@@H](O)C(=C1C)C2(C)C. The van der Waals surface area contributed by atoms with Gasteiger partial charge in [0.05, 0.1) is 30.3 Å². The van der Waals surface area contributed by atoms with Gasteiger partial charge in [-0.05, 0) is 42.5 Å². The highest BCUT2D eigenvalue weighted by molar-refractivity contribution is 5.89. The number of benzene rings is 1. The molecular weight excluding hydrogens is 516 g/mol. The fraction of sp³-hybridized carbons (Fsp3) is 0.677. The third-order valence-electron chi connectivity index (χ3n) is 10.9. The third kappa shape index (κ3) is 3.78. The van der Waals surface area contributed by atoms with Crippen molar-refractivity contribution in [3.05, 3.63) is 47.0 Å².